The Bertz CT molecular complexity index is 2040. The number of rotatable bonds is 5. The van der Waals surface area contributed by atoms with Crippen molar-refractivity contribution in [3.8, 4) is 39.2 Å². The second-order valence-corrected chi connectivity index (χ2v) is 12.0. The Morgan fingerprint density at radius 1 is 0.545 bits per heavy atom. The van der Waals surface area contributed by atoms with E-state index in [1.165, 1.54) is 85.1 Å². The maximum atomic E-state index is 2.52. The predicted octanol–water partition coefficient (Wildman–Crippen LogP) is 9.52. The lowest BCUT2D eigenvalue weighted by Gasteiger charge is -2.18. The van der Waals surface area contributed by atoms with Gasteiger partial charge < -0.3 is 9.47 Å². The van der Waals surface area contributed by atoms with Crippen molar-refractivity contribution < 1.29 is 4.57 Å². The average molecular weight is 571 g/mol. The number of anilines is 1. The zero-order valence-electron chi connectivity index (χ0n) is 25.4. The van der Waals surface area contributed by atoms with E-state index in [1.807, 2.05) is 0 Å². The summed E-state index contributed by atoms with van der Waals surface area (Å²) >= 11 is 0. The van der Waals surface area contributed by atoms with Gasteiger partial charge in [0, 0.05) is 58.5 Å². The van der Waals surface area contributed by atoms with Crippen LogP contribution >= 0.6 is 0 Å². The Hall–Kier alpha value is -5.15. The molecule has 5 aromatic carbocycles. The van der Waals surface area contributed by atoms with E-state index in [0.717, 1.165) is 13.1 Å². The highest BCUT2D eigenvalue weighted by Gasteiger charge is 2.22. The van der Waals surface area contributed by atoms with Crippen molar-refractivity contribution in [1.29, 1.82) is 0 Å². The Labute approximate surface area is 259 Å². The quantitative estimate of drug-likeness (QED) is 0.188. The highest BCUT2D eigenvalue weighted by Crippen LogP contribution is 2.42. The highest BCUT2D eigenvalue weighted by atomic mass is 15.1. The molecule has 3 nitrogen and oxygen atoms in total. The van der Waals surface area contributed by atoms with E-state index < -0.39 is 0 Å². The molecule has 0 spiro atoms. The summed E-state index contributed by atoms with van der Waals surface area (Å²) < 4.78 is 4.78. The molecule has 0 radical (unpaired) electrons. The van der Waals surface area contributed by atoms with E-state index in [0.29, 0.717) is 0 Å². The molecule has 0 atom stereocenters. The molecule has 44 heavy (non-hydrogen) atoms. The minimum Gasteiger partial charge on any atom is -0.371 e. The summed E-state index contributed by atoms with van der Waals surface area (Å²) in [5, 5.41) is 2.53. The van der Waals surface area contributed by atoms with Crippen molar-refractivity contribution in [3.05, 3.63) is 139 Å². The first-order valence-corrected chi connectivity index (χ1v) is 15.7. The normalized spacial score (nSPS) is 13.3. The third-order valence-corrected chi connectivity index (χ3v) is 9.34. The van der Waals surface area contributed by atoms with Crippen LogP contribution in [0.1, 0.15) is 18.4 Å². The summed E-state index contributed by atoms with van der Waals surface area (Å²) in [6.07, 6.45) is 4.76. The number of aryl methyl sites for hydroxylation is 2. The minimum absolute atomic E-state index is 1.14. The Kier molecular flexibility index (Phi) is 6.52. The number of para-hydroxylation sites is 2. The van der Waals surface area contributed by atoms with Gasteiger partial charge in [-0.05, 0) is 48.6 Å². The van der Waals surface area contributed by atoms with Crippen molar-refractivity contribution in [1.82, 2.24) is 4.57 Å². The third-order valence-electron chi connectivity index (χ3n) is 9.34. The lowest BCUT2D eigenvalue weighted by atomic mass is 10.0. The summed E-state index contributed by atoms with van der Waals surface area (Å²) in [6.45, 7) is 4.51. The van der Waals surface area contributed by atoms with E-state index in [9.17, 15) is 0 Å². The molecule has 3 heterocycles. The zero-order valence-corrected chi connectivity index (χ0v) is 25.4. The molecule has 1 aliphatic heterocycles. The first-order chi connectivity index (χ1) is 21.7. The van der Waals surface area contributed by atoms with Gasteiger partial charge in [0.25, 0.3) is 0 Å². The van der Waals surface area contributed by atoms with Gasteiger partial charge in [-0.2, -0.15) is 0 Å². The Balaban J connectivity index is 1.44. The van der Waals surface area contributed by atoms with Crippen molar-refractivity contribution >= 4 is 27.5 Å². The van der Waals surface area contributed by atoms with Crippen molar-refractivity contribution in [2.45, 2.75) is 19.8 Å². The number of hydrogen-bond acceptors (Lipinski definition) is 1. The smallest absolute Gasteiger partial charge is 0.214 e. The van der Waals surface area contributed by atoms with Gasteiger partial charge in [0.15, 0.2) is 6.20 Å². The summed E-state index contributed by atoms with van der Waals surface area (Å²) in [7, 11) is 2.16. The average Bonchev–Trinajstić information content (AvgIpc) is 3.73. The second-order valence-electron chi connectivity index (χ2n) is 12.0. The first-order valence-electron chi connectivity index (χ1n) is 15.7. The van der Waals surface area contributed by atoms with Crippen LogP contribution in [0.2, 0.25) is 0 Å². The summed E-state index contributed by atoms with van der Waals surface area (Å²) in [4.78, 5) is 2.52. The summed E-state index contributed by atoms with van der Waals surface area (Å²) in [5.41, 5.74) is 13.7. The van der Waals surface area contributed by atoms with Crippen molar-refractivity contribution in [2.24, 2.45) is 7.05 Å². The molecule has 8 rings (SSSR count). The highest BCUT2D eigenvalue weighted by molar-refractivity contribution is 6.17. The Morgan fingerprint density at radius 3 is 1.73 bits per heavy atom. The van der Waals surface area contributed by atoms with Gasteiger partial charge >= 0.3 is 0 Å². The van der Waals surface area contributed by atoms with E-state index in [1.54, 1.807) is 0 Å². The molecular formula is C41H36N3+. The third kappa shape index (κ3) is 4.39. The van der Waals surface area contributed by atoms with Gasteiger partial charge in [0.1, 0.15) is 7.05 Å². The van der Waals surface area contributed by atoms with Crippen LogP contribution in [0.5, 0.6) is 0 Å². The van der Waals surface area contributed by atoms with Gasteiger partial charge in [-0.25, -0.2) is 4.57 Å². The summed E-state index contributed by atoms with van der Waals surface area (Å²) in [6, 6.07) is 46.7. The fourth-order valence-corrected chi connectivity index (χ4v) is 7.10. The largest absolute Gasteiger partial charge is 0.371 e. The van der Waals surface area contributed by atoms with E-state index in [-0.39, 0.29) is 0 Å². The lowest BCUT2D eigenvalue weighted by molar-refractivity contribution is -0.660. The number of benzene rings is 5. The molecule has 0 N–H and O–H groups in total. The van der Waals surface area contributed by atoms with Gasteiger partial charge in [0.05, 0.1) is 16.6 Å². The van der Waals surface area contributed by atoms with Crippen LogP contribution in [0, 0.1) is 6.92 Å². The molecule has 0 aliphatic carbocycles. The van der Waals surface area contributed by atoms with Crippen LogP contribution in [0.25, 0.3) is 61.0 Å². The van der Waals surface area contributed by atoms with Gasteiger partial charge in [-0.3, -0.25) is 0 Å². The zero-order chi connectivity index (χ0) is 29.6. The second kappa shape index (κ2) is 10.8. The van der Waals surface area contributed by atoms with Gasteiger partial charge in [-0.1, -0.05) is 103 Å². The molecule has 7 aromatic rings. The molecule has 0 bridgehead atoms. The summed E-state index contributed by atoms with van der Waals surface area (Å²) in [5.74, 6) is 0. The Morgan fingerprint density at radius 2 is 1.14 bits per heavy atom. The standard InChI is InChI=1S/C41H36N3/c1-29-21-22-33(27-38(29)39-28-32(23-26-42(39)2)43-24-9-10-25-43)44-40-34(30-13-5-3-6-14-30)17-11-19-36(40)37-20-12-18-35(41(37)44)31-15-7-4-8-16-31/h3-8,11-23,26-28H,9-10,24-25H2,1-2H3/q+1. The predicted molar refractivity (Wildman–Crippen MR) is 184 cm³/mol. The maximum Gasteiger partial charge on any atom is 0.214 e. The number of pyridine rings is 1. The van der Waals surface area contributed by atoms with Crippen LogP contribution < -0.4 is 9.47 Å². The number of aromatic nitrogens is 2. The molecule has 0 amide bonds. The van der Waals surface area contributed by atoms with Crippen LogP contribution in [0.3, 0.4) is 0 Å². The first kappa shape index (κ1) is 26.5. The fourth-order valence-electron chi connectivity index (χ4n) is 7.10. The number of fused-ring (bicyclic) bond motifs is 3. The van der Waals surface area contributed by atoms with Crippen molar-refractivity contribution in [2.75, 3.05) is 18.0 Å². The van der Waals surface area contributed by atoms with Gasteiger partial charge in [-0.15, -0.1) is 0 Å². The van der Waals surface area contributed by atoms with Crippen LogP contribution in [0.4, 0.5) is 5.69 Å². The van der Waals surface area contributed by atoms with Crippen LogP contribution in [-0.4, -0.2) is 17.7 Å². The van der Waals surface area contributed by atoms with E-state index in [4.69, 9.17) is 0 Å². The topological polar surface area (TPSA) is 12.1 Å². The van der Waals surface area contributed by atoms with E-state index >= 15 is 0 Å². The fraction of sp³-hybridized carbons (Fsp3) is 0.146. The van der Waals surface area contributed by atoms with E-state index in [2.05, 4.69) is 162 Å². The van der Waals surface area contributed by atoms with Crippen LogP contribution in [-0.2, 0) is 7.05 Å². The molecule has 214 valence electrons. The van der Waals surface area contributed by atoms with Gasteiger partial charge in [0.2, 0.25) is 5.69 Å². The molecule has 0 unspecified atom stereocenters. The molecular weight excluding hydrogens is 534 g/mol. The molecule has 1 aliphatic rings. The van der Waals surface area contributed by atoms with Crippen molar-refractivity contribution in [3.63, 3.8) is 0 Å². The molecule has 0 saturated carbocycles. The maximum absolute atomic E-state index is 2.52. The molecule has 1 fully saturated rings. The molecule has 2 aromatic heterocycles. The minimum atomic E-state index is 1.14. The molecule has 3 heteroatoms. The number of hydrogen-bond donors (Lipinski definition) is 0. The number of nitrogens with zero attached hydrogens (tertiary/aromatic N) is 3. The molecule has 1 saturated heterocycles. The monoisotopic (exact) mass is 570 g/mol. The SMILES string of the molecule is Cc1ccc(-n2c3c(-c4ccccc4)cccc3c3cccc(-c4ccccc4)c32)cc1-c1cc(N2CCCC2)cc[n+]1C. The van der Waals surface area contributed by atoms with Crippen LogP contribution in [0.15, 0.2) is 134 Å². The lowest BCUT2D eigenvalue weighted by Crippen LogP contribution is -2.31.